The zero-order chi connectivity index (χ0) is 8.97. The average molecular weight is 173 g/mol. The topological polar surface area (TPSA) is 72.5 Å². The van der Waals surface area contributed by atoms with E-state index in [-0.39, 0.29) is 12.6 Å². The quantitative estimate of drug-likeness (QED) is 0.637. The molecular formula is C8H15NO3. The van der Waals surface area contributed by atoms with E-state index in [1.165, 1.54) is 0 Å². The Hall–Kier alpha value is -0.610. The molecule has 1 fully saturated rings. The van der Waals surface area contributed by atoms with Crippen molar-refractivity contribution < 1.29 is 14.6 Å². The minimum Gasteiger partial charge on any atom is -0.481 e. The molecule has 0 amide bonds. The van der Waals surface area contributed by atoms with Crippen LogP contribution in [0.1, 0.15) is 19.3 Å². The van der Waals surface area contributed by atoms with E-state index in [1.807, 2.05) is 0 Å². The largest absolute Gasteiger partial charge is 0.481 e. The highest BCUT2D eigenvalue weighted by Gasteiger charge is 2.24. The number of ether oxygens (including phenoxy) is 1. The second kappa shape index (κ2) is 4.42. The molecule has 4 heteroatoms. The Morgan fingerprint density at radius 2 is 2.50 bits per heavy atom. The third kappa shape index (κ3) is 2.46. The van der Waals surface area contributed by atoms with Gasteiger partial charge in [0.2, 0.25) is 0 Å². The lowest BCUT2D eigenvalue weighted by Crippen LogP contribution is -2.27. The van der Waals surface area contributed by atoms with Crippen molar-refractivity contribution in [2.75, 3.05) is 13.2 Å². The van der Waals surface area contributed by atoms with Crippen LogP contribution in [0, 0.1) is 5.92 Å². The molecule has 70 valence electrons. The Bertz CT molecular complexity index is 154. The number of rotatable bonds is 4. The fourth-order valence-corrected chi connectivity index (χ4v) is 1.45. The fourth-order valence-electron chi connectivity index (χ4n) is 1.45. The maximum absolute atomic E-state index is 10.6. The van der Waals surface area contributed by atoms with Crippen molar-refractivity contribution >= 4 is 5.97 Å². The molecule has 0 bridgehead atoms. The van der Waals surface area contributed by atoms with Crippen molar-refractivity contribution in [3.63, 3.8) is 0 Å². The van der Waals surface area contributed by atoms with Gasteiger partial charge >= 0.3 is 5.97 Å². The van der Waals surface area contributed by atoms with Crippen molar-refractivity contribution in [3.05, 3.63) is 0 Å². The highest BCUT2D eigenvalue weighted by atomic mass is 16.5. The number of carboxylic acids is 1. The van der Waals surface area contributed by atoms with Crippen LogP contribution in [0.25, 0.3) is 0 Å². The van der Waals surface area contributed by atoms with Crippen LogP contribution in [0.4, 0.5) is 0 Å². The summed E-state index contributed by atoms with van der Waals surface area (Å²) in [5, 5.41) is 8.70. The third-order valence-electron chi connectivity index (χ3n) is 2.21. The van der Waals surface area contributed by atoms with Crippen LogP contribution in [0.2, 0.25) is 0 Å². The summed E-state index contributed by atoms with van der Waals surface area (Å²) < 4.78 is 5.32. The number of hydrogen-bond acceptors (Lipinski definition) is 3. The molecule has 0 spiro atoms. The van der Waals surface area contributed by atoms with Crippen LogP contribution in [0.15, 0.2) is 0 Å². The average Bonchev–Trinajstić information content (AvgIpc) is 2.51. The van der Waals surface area contributed by atoms with Gasteiger partial charge in [-0.25, -0.2) is 0 Å². The van der Waals surface area contributed by atoms with Crippen LogP contribution >= 0.6 is 0 Å². The lowest BCUT2D eigenvalue weighted by atomic mass is 10.0. The molecule has 0 aromatic heterocycles. The van der Waals surface area contributed by atoms with Gasteiger partial charge in [0.05, 0.1) is 12.0 Å². The van der Waals surface area contributed by atoms with Gasteiger partial charge in [-0.1, -0.05) is 0 Å². The van der Waals surface area contributed by atoms with Gasteiger partial charge < -0.3 is 15.6 Å². The molecule has 1 rings (SSSR count). The van der Waals surface area contributed by atoms with Crippen molar-refractivity contribution in [1.82, 2.24) is 0 Å². The van der Waals surface area contributed by atoms with E-state index < -0.39 is 11.9 Å². The molecule has 3 N–H and O–H groups in total. The standard InChI is InChI=1S/C8H15NO3/c9-5-6(8(10)11)4-7-2-1-3-12-7/h6-7H,1-5,9H2,(H,10,11). The minimum absolute atomic E-state index is 0.120. The molecule has 12 heavy (non-hydrogen) atoms. The monoisotopic (exact) mass is 173 g/mol. The maximum atomic E-state index is 10.6. The summed E-state index contributed by atoms with van der Waals surface area (Å²) in [6, 6.07) is 0. The van der Waals surface area contributed by atoms with Crippen LogP contribution in [0.3, 0.4) is 0 Å². The van der Waals surface area contributed by atoms with Crippen LogP contribution in [0.5, 0.6) is 0 Å². The summed E-state index contributed by atoms with van der Waals surface area (Å²) >= 11 is 0. The zero-order valence-corrected chi connectivity index (χ0v) is 7.03. The SMILES string of the molecule is NCC(CC1CCCO1)C(=O)O. The van der Waals surface area contributed by atoms with Gasteiger partial charge in [0.1, 0.15) is 0 Å². The number of carboxylic acid groups (broad SMARTS) is 1. The van der Waals surface area contributed by atoms with Crippen LogP contribution in [-0.4, -0.2) is 30.3 Å². The summed E-state index contributed by atoms with van der Waals surface area (Å²) in [6.45, 7) is 0.969. The highest BCUT2D eigenvalue weighted by Crippen LogP contribution is 2.19. The Balaban J connectivity index is 2.30. The number of aliphatic carboxylic acids is 1. The molecule has 0 radical (unpaired) electrons. The summed E-state index contributed by atoms with van der Waals surface area (Å²) in [7, 11) is 0. The van der Waals surface area contributed by atoms with Crippen LogP contribution in [-0.2, 0) is 9.53 Å². The van der Waals surface area contributed by atoms with Crippen LogP contribution < -0.4 is 5.73 Å². The van der Waals surface area contributed by atoms with Gasteiger partial charge in [0.25, 0.3) is 0 Å². The van der Waals surface area contributed by atoms with E-state index in [4.69, 9.17) is 15.6 Å². The van der Waals surface area contributed by atoms with Gasteiger partial charge in [0.15, 0.2) is 0 Å². The Kier molecular flexibility index (Phi) is 3.49. The number of hydrogen-bond donors (Lipinski definition) is 2. The van der Waals surface area contributed by atoms with E-state index in [0.29, 0.717) is 6.42 Å². The van der Waals surface area contributed by atoms with E-state index >= 15 is 0 Å². The lowest BCUT2D eigenvalue weighted by Gasteiger charge is -2.14. The first-order chi connectivity index (χ1) is 5.74. The molecule has 0 saturated carbocycles. The molecular weight excluding hydrogens is 158 g/mol. The number of nitrogens with two attached hydrogens (primary N) is 1. The van der Waals surface area contributed by atoms with Gasteiger partial charge in [-0.3, -0.25) is 4.79 Å². The normalized spacial score (nSPS) is 25.6. The first kappa shape index (κ1) is 9.48. The zero-order valence-electron chi connectivity index (χ0n) is 7.03. The summed E-state index contributed by atoms with van der Waals surface area (Å²) in [5.41, 5.74) is 5.32. The van der Waals surface area contributed by atoms with Gasteiger partial charge in [-0.2, -0.15) is 0 Å². The Morgan fingerprint density at radius 1 is 1.75 bits per heavy atom. The van der Waals surface area contributed by atoms with E-state index in [1.54, 1.807) is 0 Å². The molecule has 1 aliphatic heterocycles. The molecule has 1 saturated heterocycles. The Labute approximate surface area is 71.7 Å². The smallest absolute Gasteiger partial charge is 0.307 e. The van der Waals surface area contributed by atoms with Gasteiger partial charge in [-0.15, -0.1) is 0 Å². The van der Waals surface area contributed by atoms with E-state index in [2.05, 4.69) is 0 Å². The van der Waals surface area contributed by atoms with Crippen molar-refractivity contribution in [3.8, 4) is 0 Å². The van der Waals surface area contributed by atoms with Gasteiger partial charge in [-0.05, 0) is 19.3 Å². The predicted octanol–water partition coefficient (Wildman–Crippen LogP) is 0.215. The first-order valence-electron chi connectivity index (χ1n) is 4.28. The summed E-state index contributed by atoms with van der Waals surface area (Å²) in [5.74, 6) is -1.25. The van der Waals surface area contributed by atoms with Crippen molar-refractivity contribution in [2.24, 2.45) is 11.7 Å². The lowest BCUT2D eigenvalue weighted by molar-refractivity contribution is -0.142. The molecule has 1 aliphatic rings. The predicted molar refractivity (Wildman–Crippen MR) is 43.8 cm³/mol. The molecule has 2 unspecified atom stereocenters. The molecule has 0 aromatic carbocycles. The van der Waals surface area contributed by atoms with Crippen molar-refractivity contribution in [2.45, 2.75) is 25.4 Å². The molecule has 1 heterocycles. The summed E-state index contributed by atoms with van der Waals surface area (Å²) in [4.78, 5) is 10.6. The third-order valence-corrected chi connectivity index (χ3v) is 2.21. The highest BCUT2D eigenvalue weighted by molar-refractivity contribution is 5.70. The molecule has 0 aliphatic carbocycles. The maximum Gasteiger partial charge on any atom is 0.307 e. The Morgan fingerprint density at radius 3 is 2.92 bits per heavy atom. The first-order valence-corrected chi connectivity index (χ1v) is 4.28. The van der Waals surface area contributed by atoms with Crippen molar-refractivity contribution in [1.29, 1.82) is 0 Å². The molecule has 0 aromatic rings. The second-order valence-corrected chi connectivity index (χ2v) is 3.14. The second-order valence-electron chi connectivity index (χ2n) is 3.14. The number of carbonyl (C=O) groups is 1. The molecule has 4 nitrogen and oxygen atoms in total. The fraction of sp³-hybridized carbons (Fsp3) is 0.875. The van der Waals surface area contributed by atoms with E-state index in [9.17, 15) is 4.79 Å². The summed E-state index contributed by atoms with van der Waals surface area (Å²) in [6.07, 6.45) is 2.70. The molecule has 2 atom stereocenters. The van der Waals surface area contributed by atoms with Gasteiger partial charge in [0, 0.05) is 13.2 Å². The minimum atomic E-state index is -0.812. The van der Waals surface area contributed by atoms with E-state index in [0.717, 1.165) is 19.4 Å².